The van der Waals surface area contributed by atoms with Gasteiger partial charge in [-0.2, -0.15) is 0 Å². The number of urea groups is 1. The number of carbonyl (C=O) groups is 1. The van der Waals surface area contributed by atoms with Gasteiger partial charge < -0.3 is 15.4 Å². The zero-order chi connectivity index (χ0) is 13.9. The molecule has 19 heavy (non-hydrogen) atoms. The average Bonchev–Trinajstić information content (AvgIpc) is 2.71. The molecule has 0 radical (unpaired) electrons. The van der Waals surface area contributed by atoms with E-state index in [0.29, 0.717) is 13.2 Å². The van der Waals surface area contributed by atoms with Gasteiger partial charge in [0.25, 0.3) is 0 Å². The number of carbonyl (C=O) groups excluding carboxylic acids is 1. The van der Waals surface area contributed by atoms with Crippen molar-refractivity contribution >= 4 is 33.3 Å². The number of nitrogens with one attached hydrogen (secondary N) is 2. The molecule has 1 unspecified atom stereocenters. The molecule has 0 bridgehead atoms. The van der Waals surface area contributed by atoms with Crippen LogP contribution in [0.3, 0.4) is 0 Å². The number of ether oxygens (including phenoxy) is 1. The Balaban J connectivity index is 1.75. The quantitative estimate of drug-likeness (QED) is 0.882. The second-order valence-corrected chi connectivity index (χ2v) is 7.88. The molecule has 1 aliphatic heterocycles. The Morgan fingerprint density at radius 2 is 2.37 bits per heavy atom. The molecule has 106 valence electrons. The Labute approximate surface area is 126 Å². The minimum absolute atomic E-state index is 0.104. The minimum atomic E-state index is -0.144. The maximum Gasteiger partial charge on any atom is 0.315 e. The zero-order valence-electron chi connectivity index (χ0n) is 11.2. The van der Waals surface area contributed by atoms with Crippen LogP contribution in [0.15, 0.2) is 15.9 Å². The molecule has 1 aromatic heterocycles. The fraction of sp³-hybridized carbons (Fsp3) is 0.615. The summed E-state index contributed by atoms with van der Waals surface area (Å²) in [5.74, 6) is 0. The number of amides is 2. The first-order valence-corrected chi connectivity index (χ1v) is 7.98. The lowest BCUT2D eigenvalue weighted by Gasteiger charge is -2.35. The van der Waals surface area contributed by atoms with Gasteiger partial charge in [0.05, 0.1) is 15.9 Å². The second kappa shape index (κ2) is 6.24. The molecule has 1 aromatic rings. The lowest BCUT2D eigenvalue weighted by atomic mass is 9.94. The van der Waals surface area contributed by atoms with Crippen LogP contribution in [-0.4, -0.2) is 24.3 Å². The molecule has 2 heterocycles. The summed E-state index contributed by atoms with van der Waals surface area (Å²) in [5, 5.41) is 5.90. The van der Waals surface area contributed by atoms with Gasteiger partial charge in [0.2, 0.25) is 0 Å². The third kappa shape index (κ3) is 4.78. The van der Waals surface area contributed by atoms with Crippen molar-refractivity contribution in [2.45, 2.75) is 44.9 Å². The Morgan fingerprint density at radius 3 is 3.00 bits per heavy atom. The topological polar surface area (TPSA) is 50.4 Å². The molecule has 2 amide bonds. The van der Waals surface area contributed by atoms with Gasteiger partial charge in [-0.3, -0.25) is 0 Å². The van der Waals surface area contributed by atoms with Gasteiger partial charge >= 0.3 is 6.03 Å². The van der Waals surface area contributed by atoms with E-state index in [9.17, 15) is 4.79 Å². The van der Waals surface area contributed by atoms with E-state index in [1.54, 1.807) is 11.3 Å². The van der Waals surface area contributed by atoms with E-state index in [4.69, 9.17) is 4.74 Å². The zero-order valence-corrected chi connectivity index (χ0v) is 13.6. The van der Waals surface area contributed by atoms with Gasteiger partial charge in [0.15, 0.2) is 0 Å². The molecule has 2 rings (SSSR count). The fourth-order valence-electron chi connectivity index (χ4n) is 2.21. The van der Waals surface area contributed by atoms with Crippen molar-refractivity contribution < 1.29 is 9.53 Å². The van der Waals surface area contributed by atoms with Crippen molar-refractivity contribution in [2.24, 2.45) is 0 Å². The Hall–Kier alpha value is -0.590. The summed E-state index contributed by atoms with van der Waals surface area (Å²) in [7, 11) is 0. The number of hydrogen-bond acceptors (Lipinski definition) is 3. The first kappa shape index (κ1) is 14.8. The van der Waals surface area contributed by atoms with Crippen LogP contribution in [0.25, 0.3) is 0 Å². The van der Waals surface area contributed by atoms with Crippen molar-refractivity contribution in [2.75, 3.05) is 6.61 Å². The van der Waals surface area contributed by atoms with Crippen LogP contribution < -0.4 is 10.6 Å². The predicted molar refractivity (Wildman–Crippen MR) is 80.4 cm³/mol. The van der Waals surface area contributed by atoms with Gasteiger partial charge in [0, 0.05) is 17.5 Å². The van der Waals surface area contributed by atoms with E-state index in [1.165, 1.54) is 0 Å². The summed E-state index contributed by atoms with van der Waals surface area (Å²) in [4.78, 5) is 13.0. The maximum atomic E-state index is 11.8. The molecular formula is C13H19BrN2O2S. The van der Waals surface area contributed by atoms with Gasteiger partial charge in [-0.15, -0.1) is 11.3 Å². The highest BCUT2D eigenvalue weighted by atomic mass is 79.9. The summed E-state index contributed by atoms with van der Waals surface area (Å²) >= 11 is 5.04. The Morgan fingerprint density at radius 1 is 1.58 bits per heavy atom. The highest BCUT2D eigenvalue weighted by Crippen LogP contribution is 2.24. The summed E-state index contributed by atoms with van der Waals surface area (Å²) < 4.78 is 6.71. The second-order valence-electron chi connectivity index (χ2n) is 5.33. The molecule has 0 aliphatic carbocycles. The van der Waals surface area contributed by atoms with Crippen molar-refractivity contribution in [1.82, 2.24) is 10.6 Å². The molecular weight excluding hydrogens is 328 g/mol. The van der Waals surface area contributed by atoms with Crippen LogP contribution in [0, 0.1) is 0 Å². The molecule has 1 atom stereocenters. The SMILES string of the molecule is CC1(C)CC(NC(=O)NCc2ccc(Br)s2)CCO1. The largest absolute Gasteiger partial charge is 0.375 e. The summed E-state index contributed by atoms with van der Waals surface area (Å²) in [6.45, 7) is 5.38. The first-order valence-electron chi connectivity index (χ1n) is 6.37. The third-order valence-corrected chi connectivity index (χ3v) is 4.71. The van der Waals surface area contributed by atoms with Gasteiger partial charge in [-0.05, 0) is 54.8 Å². The van der Waals surface area contributed by atoms with Crippen LogP contribution in [0.5, 0.6) is 0 Å². The number of thiophene rings is 1. The van der Waals surface area contributed by atoms with E-state index in [-0.39, 0.29) is 17.7 Å². The highest BCUT2D eigenvalue weighted by Gasteiger charge is 2.29. The van der Waals surface area contributed by atoms with Crippen molar-refractivity contribution in [1.29, 1.82) is 0 Å². The van der Waals surface area contributed by atoms with Gasteiger partial charge in [0.1, 0.15) is 0 Å². The Kier molecular flexibility index (Phi) is 4.86. The van der Waals surface area contributed by atoms with Crippen molar-refractivity contribution in [3.05, 3.63) is 20.8 Å². The normalized spacial score (nSPS) is 21.9. The van der Waals surface area contributed by atoms with Crippen LogP contribution in [0.2, 0.25) is 0 Å². The van der Waals surface area contributed by atoms with Crippen molar-refractivity contribution in [3.8, 4) is 0 Å². The van der Waals surface area contributed by atoms with Crippen molar-refractivity contribution in [3.63, 3.8) is 0 Å². The molecule has 0 saturated carbocycles. The number of halogens is 1. The monoisotopic (exact) mass is 346 g/mol. The molecule has 0 aromatic carbocycles. The van der Waals surface area contributed by atoms with E-state index < -0.39 is 0 Å². The van der Waals surface area contributed by atoms with Crippen LogP contribution in [0.1, 0.15) is 31.6 Å². The highest BCUT2D eigenvalue weighted by molar-refractivity contribution is 9.11. The summed E-state index contributed by atoms with van der Waals surface area (Å²) in [6, 6.07) is 4.08. The smallest absolute Gasteiger partial charge is 0.315 e. The van der Waals surface area contributed by atoms with Crippen LogP contribution in [0.4, 0.5) is 4.79 Å². The third-order valence-electron chi connectivity index (χ3n) is 3.08. The van der Waals surface area contributed by atoms with Gasteiger partial charge in [-0.25, -0.2) is 4.79 Å². The lowest BCUT2D eigenvalue weighted by molar-refractivity contribution is -0.0611. The number of rotatable bonds is 3. The van der Waals surface area contributed by atoms with Crippen LogP contribution >= 0.6 is 27.3 Å². The van der Waals surface area contributed by atoms with E-state index >= 15 is 0 Å². The Bertz CT molecular complexity index is 448. The van der Waals surface area contributed by atoms with Gasteiger partial charge in [-0.1, -0.05) is 0 Å². The maximum absolute atomic E-state index is 11.8. The predicted octanol–water partition coefficient (Wildman–Crippen LogP) is 3.27. The fourth-order valence-corrected chi connectivity index (χ4v) is 3.63. The molecule has 1 fully saturated rings. The molecule has 1 saturated heterocycles. The minimum Gasteiger partial charge on any atom is -0.375 e. The average molecular weight is 347 g/mol. The molecule has 2 N–H and O–H groups in total. The van der Waals surface area contributed by atoms with E-state index in [1.807, 2.05) is 12.1 Å². The molecule has 4 nitrogen and oxygen atoms in total. The first-order chi connectivity index (χ1) is 8.94. The summed E-state index contributed by atoms with van der Waals surface area (Å²) in [5.41, 5.74) is -0.144. The standard InChI is InChI=1S/C13H19BrN2O2S/c1-13(2)7-9(5-6-18-13)16-12(17)15-8-10-3-4-11(14)19-10/h3-4,9H,5-8H2,1-2H3,(H2,15,16,17). The molecule has 6 heteroatoms. The van der Waals surface area contributed by atoms with Crippen LogP contribution in [-0.2, 0) is 11.3 Å². The van der Waals surface area contributed by atoms with E-state index in [0.717, 1.165) is 21.5 Å². The lowest BCUT2D eigenvalue weighted by Crippen LogP contribution is -2.48. The van der Waals surface area contributed by atoms with E-state index in [2.05, 4.69) is 40.4 Å². The molecule has 1 aliphatic rings. The number of hydrogen-bond donors (Lipinski definition) is 2. The molecule has 0 spiro atoms. The summed E-state index contributed by atoms with van der Waals surface area (Å²) in [6.07, 6.45) is 1.73.